The number of anilines is 1. The van der Waals surface area contributed by atoms with Gasteiger partial charge in [-0.3, -0.25) is 4.90 Å². The van der Waals surface area contributed by atoms with Crippen molar-refractivity contribution in [1.82, 2.24) is 9.62 Å². The fraction of sp³-hybridized carbons (Fsp3) is 0.611. The summed E-state index contributed by atoms with van der Waals surface area (Å²) in [6, 6.07) is 1.56. The van der Waals surface area contributed by atoms with Crippen LogP contribution in [0.25, 0.3) is 0 Å². The van der Waals surface area contributed by atoms with Crippen LogP contribution in [0.1, 0.15) is 35.1 Å². The van der Waals surface area contributed by atoms with Crippen LogP contribution in [0.2, 0.25) is 0 Å². The summed E-state index contributed by atoms with van der Waals surface area (Å²) < 4.78 is 39.2. The molecule has 6 nitrogen and oxygen atoms in total. The third-order valence-corrected chi connectivity index (χ3v) is 6.77. The minimum atomic E-state index is -3.74. The molecule has 143 valence electrons. The molecule has 1 fully saturated rings. The van der Waals surface area contributed by atoms with Gasteiger partial charge in [0.15, 0.2) is 0 Å². The van der Waals surface area contributed by atoms with Gasteiger partial charge >= 0.3 is 6.03 Å². The molecular weight excluding hydrogens is 396 g/mol. The average molecular weight is 421 g/mol. The van der Waals surface area contributed by atoms with Crippen molar-refractivity contribution in [2.45, 2.75) is 44.7 Å². The zero-order valence-electron chi connectivity index (χ0n) is 15.7. The average Bonchev–Trinajstić information content (AvgIpc) is 3.18. The number of sulfonamides is 1. The number of halogens is 1. The van der Waals surface area contributed by atoms with E-state index >= 15 is 0 Å². The molecule has 2 N–H and O–H groups in total. The minimum Gasteiger partial charge on any atom is -0.307 e. The summed E-state index contributed by atoms with van der Waals surface area (Å²) in [5.41, 5.74) is 5.70. The first-order valence-electron chi connectivity index (χ1n) is 9.26. The van der Waals surface area contributed by atoms with Crippen LogP contribution < -0.4 is 10.0 Å². The van der Waals surface area contributed by atoms with Crippen molar-refractivity contribution in [3.05, 3.63) is 28.3 Å². The Hall–Kier alpha value is -0.0336. The van der Waals surface area contributed by atoms with Crippen molar-refractivity contribution < 1.29 is 17.6 Å². The number of carbonyl (C=O) groups is 1. The van der Waals surface area contributed by atoms with Gasteiger partial charge in [0.1, 0.15) is 6.17 Å². The van der Waals surface area contributed by atoms with Gasteiger partial charge < -0.3 is 5.32 Å². The van der Waals surface area contributed by atoms with Gasteiger partial charge in [-0.25, -0.2) is 22.3 Å². The molecule has 4 rings (SSSR count). The van der Waals surface area contributed by atoms with Crippen molar-refractivity contribution in [2.75, 3.05) is 30.7 Å². The molecule has 0 spiro atoms. The summed E-state index contributed by atoms with van der Waals surface area (Å²) in [5, 5.41) is 2.82. The summed E-state index contributed by atoms with van der Waals surface area (Å²) in [6.07, 6.45) is 5.15. The molecule has 1 aromatic rings. The van der Waals surface area contributed by atoms with Crippen LogP contribution in [0.15, 0.2) is 6.07 Å². The first-order valence-corrected chi connectivity index (χ1v) is 10.9. The molecular formula is C18H24FKN3O3S. The number of carbonyl (C=O) groups excluding carboxylic acids is 1. The zero-order valence-corrected chi connectivity index (χ0v) is 19.6. The molecule has 0 aromatic heterocycles. The number of hydrogen-bond acceptors (Lipinski definition) is 4. The molecule has 27 heavy (non-hydrogen) atoms. The van der Waals surface area contributed by atoms with E-state index in [0.29, 0.717) is 0 Å². The molecule has 0 bridgehead atoms. The van der Waals surface area contributed by atoms with Crippen LogP contribution in [0.4, 0.5) is 14.9 Å². The van der Waals surface area contributed by atoms with Crippen molar-refractivity contribution in [2.24, 2.45) is 0 Å². The topological polar surface area (TPSA) is 78.5 Å². The zero-order chi connectivity index (χ0) is 18.3. The number of nitrogens with one attached hydrogen (secondary N) is 2. The molecule has 1 heterocycles. The number of aryl methyl sites for hydroxylation is 2. The van der Waals surface area contributed by atoms with Crippen LogP contribution in [-0.2, 0) is 35.7 Å². The molecule has 2 amide bonds. The third-order valence-electron chi connectivity index (χ3n) is 5.55. The Morgan fingerprint density at radius 3 is 2.26 bits per heavy atom. The first-order chi connectivity index (χ1) is 12.4. The number of urea groups is 1. The molecule has 1 aromatic carbocycles. The van der Waals surface area contributed by atoms with E-state index in [-0.39, 0.29) is 76.8 Å². The number of fused-ring (bicyclic) bond motifs is 2. The Balaban J connectivity index is 0.00000210. The molecule has 9 heteroatoms. The maximum atomic E-state index is 12.8. The molecule has 3 aliphatic rings. The summed E-state index contributed by atoms with van der Waals surface area (Å²) in [6.45, 7) is 0.771. The maximum Gasteiger partial charge on any atom is 0.332 e. The van der Waals surface area contributed by atoms with Crippen LogP contribution in [0.5, 0.6) is 0 Å². The van der Waals surface area contributed by atoms with E-state index < -0.39 is 22.2 Å². The predicted octanol–water partition coefficient (Wildman–Crippen LogP) is 1.39. The van der Waals surface area contributed by atoms with Crippen molar-refractivity contribution in [3.63, 3.8) is 0 Å². The molecule has 1 aliphatic heterocycles. The smallest absolute Gasteiger partial charge is 0.307 e. The Bertz CT molecular complexity index is 808. The van der Waals surface area contributed by atoms with Gasteiger partial charge in [-0.05, 0) is 60.8 Å². The van der Waals surface area contributed by atoms with Crippen LogP contribution in [0.3, 0.4) is 0 Å². The van der Waals surface area contributed by atoms with Gasteiger partial charge in [-0.1, -0.05) is 6.07 Å². The standard InChI is InChI=1S/C18H24FN3O3S.K/c19-14-10-22(11-14)7-8-26(24,25)21-18(23)20-17-15-5-1-3-12(15)9-13-4-2-6-16(13)17;/h9,14H,1-8,10-11H2,(H2,20,21,23);. The summed E-state index contributed by atoms with van der Waals surface area (Å²) in [5.74, 6) is -0.210. The van der Waals surface area contributed by atoms with Crippen molar-refractivity contribution in [1.29, 1.82) is 0 Å². The first kappa shape index (κ1) is 21.7. The SMILES string of the molecule is O=C(Nc1c2c(cc3c1CCC3)CCC2)NS(=O)(=O)CCN1CC(F)C1.[K]. The number of benzene rings is 1. The van der Waals surface area contributed by atoms with E-state index in [9.17, 15) is 17.6 Å². The van der Waals surface area contributed by atoms with E-state index in [2.05, 4.69) is 16.1 Å². The molecule has 2 aliphatic carbocycles. The number of nitrogens with zero attached hydrogens (tertiary/aromatic N) is 1. The predicted molar refractivity (Wildman–Crippen MR) is 104 cm³/mol. The number of likely N-dealkylation sites (tertiary alicyclic amines) is 1. The monoisotopic (exact) mass is 420 g/mol. The van der Waals surface area contributed by atoms with Gasteiger partial charge in [0.25, 0.3) is 0 Å². The van der Waals surface area contributed by atoms with Crippen molar-refractivity contribution >= 4 is 73.1 Å². The van der Waals surface area contributed by atoms with Crippen LogP contribution >= 0.6 is 0 Å². The quantitative estimate of drug-likeness (QED) is 0.706. The Morgan fingerprint density at radius 2 is 1.70 bits per heavy atom. The molecule has 1 radical (unpaired) electrons. The van der Waals surface area contributed by atoms with Gasteiger partial charge in [-0.15, -0.1) is 0 Å². The Morgan fingerprint density at radius 1 is 1.11 bits per heavy atom. The Kier molecular flexibility index (Phi) is 7.04. The van der Waals surface area contributed by atoms with Gasteiger partial charge in [0.05, 0.1) is 5.75 Å². The van der Waals surface area contributed by atoms with Gasteiger partial charge in [0, 0.05) is 76.7 Å². The normalized spacial score (nSPS) is 19.0. The summed E-state index contributed by atoms with van der Waals surface area (Å²) in [4.78, 5) is 14.1. The second-order valence-electron chi connectivity index (χ2n) is 7.47. The maximum absolute atomic E-state index is 12.8. The largest absolute Gasteiger partial charge is 0.332 e. The second kappa shape index (κ2) is 8.77. The number of alkyl halides is 1. The fourth-order valence-corrected chi connectivity index (χ4v) is 5.17. The fourth-order valence-electron chi connectivity index (χ4n) is 4.24. The minimum absolute atomic E-state index is 0. The molecule has 0 saturated carbocycles. The van der Waals surface area contributed by atoms with E-state index in [1.165, 1.54) is 11.1 Å². The van der Waals surface area contributed by atoms with Crippen molar-refractivity contribution in [3.8, 4) is 0 Å². The van der Waals surface area contributed by atoms with E-state index in [1.54, 1.807) is 4.90 Å². The van der Waals surface area contributed by atoms with Crippen LogP contribution in [-0.4, -0.2) is 102 Å². The van der Waals surface area contributed by atoms with E-state index in [4.69, 9.17) is 0 Å². The van der Waals surface area contributed by atoms with Gasteiger partial charge in [-0.2, -0.15) is 0 Å². The van der Waals surface area contributed by atoms with E-state index in [1.807, 2.05) is 0 Å². The van der Waals surface area contributed by atoms with Crippen LogP contribution in [0, 0.1) is 0 Å². The summed E-state index contributed by atoms with van der Waals surface area (Å²) in [7, 11) is -3.74. The number of rotatable bonds is 5. The Labute approximate surface area is 202 Å². The molecule has 0 unspecified atom stereocenters. The third kappa shape index (κ3) is 4.94. The molecule has 0 atom stereocenters. The number of hydrogen-bond donors (Lipinski definition) is 2. The second-order valence-corrected chi connectivity index (χ2v) is 9.31. The molecule has 1 saturated heterocycles. The summed E-state index contributed by atoms with van der Waals surface area (Å²) >= 11 is 0. The number of amides is 2. The van der Waals surface area contributed by atoms with Gasteiger partial charge in [0.2, 0.25) is 10.0 Å². The van der Waals surface area contributed by atoms with E-state index in [0.717, 1.165) is 55.3 Å².